The first-order valence-corrected chi connectivity index (χ1v) is 14.0. The van der Waals surface area contributed by atoms with Crippen LogP contribution < -0.4 is 0 Å². The summed E-state index contributed by atoms with van der Waals surface area (Å²) in [5.74, 6) is 0.441. The smallest absolute Gasteiger partial charge is 0.123 e. The van der Waals surface area contributed by atoms with Gasteiger partial charge in [0.15, 0.2) is 0 Å². The molecule has 0 spiro atoms. The molecule has 2 aromatic rings. The van der Waals surface area contributed by atoms with Crippen LogP contribution in [-0.2, 0) is 21.7 Å². The van der Waals surface area contributed by atoms with E-state index in [4.69, 9.17) is 0 Å². The molecule has 34 heavy (non-hydrogen) atoms. The van der Waals surface area contributed by atoms with Crippen LogP contribution in [0, 0.1) is 6.07 Å². The van der Waals surface area contributed by atoms with E-state index in [9.17, 15) is 5.11 Å². The first-order valence-electron chi connectivity index (χ1n) is 12.3. The van der Waals surface area contributed by atoms with Crippen molar-refractivity contribution in [2.45, 2.75) is 132 Å². The predicted octanol–water partition coefficient (Wildman–Crippen LogP) is 10.0. The molecule has 0 unspecified atom stereocenters. The Morgan fingerprint density at radius 1 is 0.588 bits per heavy atom. The Labute approximate surface area is 218 Å². The van der Waals surface area contributed by atoms with Crippen molar-refractivity contribution in [2.75, 3.05) is 0 Å². The van der Waals surface area contributed by atoms with E-state index in [1.807, 2.05) is 23.5 Å². The summed E-state index contributed by atoms with van der Waals surface area (Å²) in [4.78, 5) is 2.40. The van der Waals surface area contributed by atoms with E-state index in [-0.39, 0.29) is 25.7 Å². The topological polar surface area (TPSA) is 20.2 Å². The van der Waals surface area contributed by atoms with E-state index in [2.05, 4.69) is 127 Å². The molecule has 0 bridgehead atoms. The Balaban J connectivity index is 2.52. The molecule has 0 saturated heterocycles. The van der Waals surface area contributed by atoms with Gasteiger partial charge >= 0.3 is 0 Å². The van der Waals surface area contributed by atoms with Crippen molar-refractivity contribution >= 4 is 23.5 Å². The minimum absolute atomic E-state index is 0.0496. The van der Waals surface area contributed by atoms with Gasteiger partial charge in [-0.25, -0.2) is 0 Å². The van der Waals surface area contributed by atoms with Crippen LogP contribution in [0.3, 0.4) is 0 Å². The third-order valence-electron chi connectivity index (χ3n) is 5.94. The minimum Gasteiger partial charge on any atom is -0.507 e. The SMILES string of the molecule is CC(C)(Sc1[c]c(C(C)(C)C)cc(C(C)(C)C)c1)Sc1cc(C(C)(C)C)c(O)c(C(C)(C)C)c1. The molecule has 3 heteroatoms. The van der Waals surface area contributed by atoms with Gasteiger partial charge in [0.2, 0.25) is 0 Å². The summed E-state index contributed by atoms with van der Waals surface area (Å²) >= 11 is 3.75. The molecule has 0 atom stereocenters. The maximum Gasteiger partial charge on any atom is 0.123 e. The number of hydrogen-bond acceptors (Lipinski definition) is 3. The highest BCUT2D eigenvalue weighted by Gasteiger charge is 2.30. The quantitative estimate of drug-likeness (QED) is 0.334. The Morgan fingerprint density at radius 2 is 1.06 bits per heavy atom. The van der Waals surface area contributed by atoms with Crippen molar-refractivity contribution in [3.8, 4) is 5.75 Å². The van der Waals surface area contributed by atoms with Gasteiger partial charge in [-0.1, -0.05) is 89.2 Å². The van der Waals surface area contributed by atoms with Crippen molar-refractivity contribution in [3.05, 3.63) is 52.6 Å². The number of hydrogen-bond donors (Lipinski definition) is 1. The van der Waals surface area contributed by atoms with Crippen LogP contribution in [0.2, 0.25) is 0 Å². The lowest BCUT2D eigenvalue weighted by atomic mass is 9.79. The monoisotopic (exact) mass is 499 g/mol. The average Bonchev–Trinajstić information content (AvgIpc) is 2.58. The number of benzene rings is 2. The van der Waals surface area contributed by atoms with Crippen LogP contribution in [0.1, 0.15) is 119 Å². The molecule has 0 fully saturated rings. The van der Waals surface area contributed by atoms with Crippen LogP contribution >= 0.6 is 23.5 Å². The number of phenolic OH excluding ortho intramolecular Hbond substituents is 1. The summed E-state index contributed by atoms with van der Waals surface area (Å²) in [5, 5.41) is 11.1. The first kappa shape index (κ1) is 29.2. The van der Waals surface area contributed by atoms with E-state index in [1.54, 1.807) is 0 Å². The molecule has 2 rings (SSSR count). The molecule has 189 valence electrons. The van der Waals surface area contributed by atoms with Gasteiger partial charge in [-0.05, 0) is 64.8 Å². The zero-order chi connectivity index (χ0) is 26.5. The maximum absolute atomic E-state index is 11.1. The normalized spacial score (nSPS) is 13.9. The molecule has 0 aliphatic rings. The summed E-state index contributed by atoms with van der Waals surface area (Å²) in [7, 11) is 0. The largest absolute Gasteiger partial charge is 0.507 e. The Morgan fingerprint density at radius 3 is 1.44 bits per heavy atom. The van der Waals surface area contributed by atoms with Gasteiger partial charge in [-0.2, -0.15) is 0 Å². The zero-order valence-corrected chi connectivity index (χ0v) is 25.7. The second-order valence-corrected chi connectivity index (χ2v) is 17.7. The van der Waals surface area contributed by atoms with E-state index in [1.165, 1.54) is 20.9 Å². The van der Waals surface area contributed by atoms with Crippen molar-refractivity contribution in [1.82, 2.24) is 0 Å². The van der Waals surface area contributed by atoms with Crippen molar-refractivity contribution < 1.29 is 5.11 Å². The number of rotatable bonds is 4. The van der Waals surface area contributed by atoms with Gasteiger partial charge in [0.05, 0.1) is 4.08 Å². The summed E-state index contributed by atoms with van der Waals surface area (Å²) in [6.45, 7) is 31.2. The van der Waals surface area contributed by atoms with Gasteiger partial charge in [0.25, 0.3) is 0 Å². The van der Waals surface area contributed by atoms with Crippen molar-refractivity contribution in [1.29, 1.82) is 0 Å². The summed E-state index contributed by atoms with van der Waals surface area (Å²) in [6.07, 6.45) is 0. The predicted molar refractivity (Wildman–Crippen MR) is 154 cm³/mol. The molecule has 0 heterocycles. The fourth-order valence-electron chi connectivity index (χ4n) is 3.82. The number of aromatic hydroxyl groups is 1. The summed E-state index contributed by atoms with van der Waals surface area (Å²) in [6, 6.07) is 12.8. The van der Waals surface area contributed by atoms with Crippen LogP contribution in [0.15, 0.2) is 34.1 Å². The van der Waals surface area contributed by atoms with Gasteiger partial charge in [-0.3, -0.25) is 0 Å². The lowest BCUT2D eigenvalue weighted by Crippen LogP contribution is -2.18. The number of phenols is 1. The Kier molecular flexibility index (Phi) is 8.09. The molecule has 1 nitrogen and oxygen atoms in total. The summed E-state index contributed by atoms with van der Waals surface area (Å²) in [5.41, 5.74) is 4.52. The first-order chi connectivity index (χ1) is 15.0. The highest BCUT2D eigenvalue weighted by atomic mass is 32.2. The summed E-state index contributed by atoms with van der Waals surface area (Å²) < 4.78 is -0.108. The van der Waals surface area contributed by atoms with Crippen LogP contribution in [0.5, 0.6) is 5.75 Å². The second kappa shape index (κ2) is 9.43. The maximum atomic E-state index is 11.1. The van der Waals surface area contributed by atoms with Crippen molar-refractivity contribution in [2.24, 2.45) is 0 Å². The molecule has 2 aromatic carbocycles. The molecule has 1 radical (unpaired) electrons. The third-order valence-corrected chi connectivity index (χ3v) is 8.33. The van der Waals surface area contributed by atoms with E-state index in [0.717, 1.165) is 11.1 Å². The van der Waals surface area contributed by atoms with Gasteiger partial charge in [0, 0.05) is 27.0 Å². The molecular formula is C31H47OS2. The number of thioether (sulfide) groups is 2. The average molecular weight is 500 g/mol. The van der Waals surface area contributed by atoms with E-state index < -0.39 is 0 Å². The van der Waals surface area contributed by atoms with Gasteiger partial charge in [0.1, 0.15) is 5.75 Å². The minimum atomic E-state index is -0.131. The molecule has 0 aromatic heterocycles. The van der Waals surface area contributed by atoms with E-state index in [0.29, 0.717) is 5.75 Å². The highest BCUT2D eigenvalue weighted by molar-refractivity contribution is 8.18. The lowest BCUT2D eigenvalue weighted by Gasteiger charge is -2.31. The Bertz CT molecular complexity index is 952. The third kappa shape index (κ3) is 7.47. The van der Waals surface area contributed by atoms with Crippen LogP contribution in [0.25, 0.3) is 0 Å². The molecule has 1 N–H and O–H groups in total. The molecule has 0 saturated carbocycles. The molecule has 0 aliphatic carbocycles. The molecule has 0 amide bonds. The Hall–Kier alpha value is -1.06. The lowest BCUT2D eigenvalue weighted by molar-refractivity contribution is 0.422. The second-order valence-electron chi connectivity index (χ2n) is 14.1. The molecular weight excluding hydrogens is 452 g/mol. The zero-order valence-electron chi connectivity index (χ0n) is 24.1. The fourth-order valence-corrected chi connectivity index (χ4v) is 6.34. The van der Waals surface area contributed by atoms with E-state index >= 15 is 0 Å². The highest BCUT2D eigenvalue weighted by Crippen LogP contribution is 2.49. The van der Waals surface area contributed by atoms with Gasteiger partial charge in [-0.15, -0.1) is 23.5 Å². The van der Waals surface area contributed by atoms with Crippen molar-refractivity contribution in [3.63, 3.8) is 0 Å². The van der Waals surface area contributed by atoms with Gasteiger partial charge < -0.3 is 5.11 Å². The fraction of sp³-hybridized carbons (Fsp3) is 0.613. The van der Waals surface area contributed by atoms with Crippen LogP contribution in [0.4, 0.5) is 0 Å². The van der Waals surface area contributed by atoms with Crippen LogP contribution in [-0.4, -0.2) is 9.19 Å². The standard InChI is InChI=1S/C31H47OS2/c1-27(2,3)20-15-21(28(4,5)6)17-22(16-20)33-31(13,14)34-23-18-24(29(7,8)9)26(32)25(19-23)30(10,11)12/h15-16,18-19,32H,1-14H3. The molecule has 0 aliphatic heterocycles.